The van der Waals surface area contributed by atoms with Crippen LogP contribution in [0.1, 0.15) is 30.4 Å². The van der Waals surface area contributed by atoms with Crippen molar-refractivity contribution in [2.45, 2.75) is 38.4 Å². The molecule has 0 radical (unpaired) electrons. The highest BCUT2D eigenvalue weighted by Crippen LogP contribution is 2.25. The van der Waals surface area contributed by atoms with E-state index in [0.29, 0.717) is 0 Å². The predicted octanol–water partition coefficient (Wildman–Crippen LogP) is 4.07. The van der Waals surface area contributed by atoms with Crippen LogP contribution >= 0.6 is 0 Å². The monoisotopic (exact) mass is 294 g/mol. The van der Waals surface area contributed by atoms with Crippen molar-refractivity contribution in [2.75, 3.05) is 0 Å². The molecular weight excluding hydrogens is 272 g/mol. The Balaban J connectivity index is 1.81. The van der Waals surface area contributed by atoms with Crippen LogP contribution in [-0.4, -0.2) is 21.9 Å². The van der Waals surface area contributed by atoms with Crippen molar-refractivity contribution in [2.24, 2.45) is 5.16 Å². The second-order valence-corrected chi connectivity index (χ2v) is 5.88. The minimum Gasteiger partial charge on any atom is -0.411 e. The molecule has 0 aliphatic heterocycles. The van der Waals surface area contributed by atoms with Gasteiger partial charge in [0.05, 0.1) is 11.8 Å². The van der Waals surface area contributed by atoms with Crippen LogP contribution in [0.2, 0.25) is 0 Å². The zero-order valence-electron chi connectivity index (χ0n) is 12.7. The van der Waals surface area contributed by atoms with Crippen LogP contribution in [0.4, 0.5) is 0 Å². The fraction of sp³-hybridized carbons (Fsp3) is 0.316. The minimum atomic E-state index is 0.241. The molecule has 1 unspecified atom stereocenters. The lowest BCUT2D eigenvalue weighted by atomic mass is 10.1. The van der Waals surface area contributed by atoms with Crippen LogP contribution in [0.3, 0.4) is 0 Å². The first kappa shape index (κ1) is 14.8. The lowest BCUT2D eigenvalue weighted by Gasteiger charge is -2.29. The molecule has 0 amide bonds. The van der Waals surface area contributed by atoms with Crippen molar-refractivity contribution in [3.63, 3.8) is 0 Å². The summed E-state index contributed by atoms with van der Waals surface area (Å²) in [6.45, 7) is 1.75. The number of benzene rings is 2. The molecule has 1 N–H and O–H groups in total. The lowest BCUT2D eigenvalue weighted by Crippen LogP contribution is -2.37. The maximum atomic E-state index is 9.28. The van der Waals surface area contributed by atoms with E-state index in [0.717, 1.165) is 38.1 Å². The number of hydrogen-bond donors (Lipinski definition) is 1. The fourth-order valence-corrected chi connectivity index (χ4v) is 3.23. The van der Waals surface area contributed by atoms with Gasteiger partial charge in [-0.2, -0.15) is 0 Å². The van der Waals surface area contributed by atoms with Crippen molar-refractivity contribution in [3.05, 3.63) is 71.8 Å². The Hall–Kier alpha value is -2.13. The summed E-state index contributed by atoms with van der Waals surface area (Å²) in [5, 5.41) is 12.8. The number of rotatable bonds is 5. The molecule has 3 heteroatoms. The molecule has 2 aromatic carbocycles. The molecule has 2 aromatic rings. The maximum absolute atomic E-state index is 9.28. The number of oxime groups is 1. The maximum Gasteiger partial charge on any atom is 0.0742 e. The van der Waals surface area contributed by atoms with Crippen LogP contribution in [0.5, 0.6) is 0 Å². The number of hydrogen-bond acceptors (Lipinski definition) is 3. The second-order valence-electron chi connectivity index (χ2n) is 5.88. The van der Waals surface area contributed by atoms with E-state index in [1.54, 1.807) is 0 Å². The van der Waals surface area contributed by atoms with Crippen LogP contribution < -0.4 is 0 Å². The van der Waals surface area contributed by atoms with E-state index in [-0.39, 0.29) is 6.04 Å². The molecular formula is C19H22N2O. The highest BCUT2D eigenvalue weighted by atomic mass is 16.4. The Morgan fingerprint density at radius 2 is 1.45 bits per heavy atom. The molecule has 3 nitrogen and oxygen atoms in total. The summed E-state index contributed by atoms with van der Waals surface area (Å²) in [5.74, 6) is 0. The van der Waals surface area contributed by atoms with Crippen molar-refractivity contribution in [3.8, 4) is 0 Å². The van der Waals surface area contributed by atoms with Gasteiger partial charge in [0.25, 0.3) is 0 Å². The average Bonchev–Trinajstić information content (AvgIpc) is 3.05. The van der Waals surface area contributed by atoms with E-state index < -0.39 is 0 Å². The highest BCUT2D eigenvalue weighted by Gasteiger charge is 2.29. The van der Waals surface area contributed by atoms with Gasteiger partial charge in [-0.3, -0.25) is 4.90 Å². The van der Waals surface area contributed by atoms with E-state index in [1.165, 1.54) is 11.1 Å². The second kappa shape index (κ2) is 7.23. The largest absolute Gasteiger partial charge is 0.411 e. The molecule has 114 valence electrons. The zero-order chi connectivity index (χ0) is 15.2. The molecule has 0 aromatic heterocycles. The van der Waals surface area contributed by atoms with Crippen molar-refractivity contribution in [1.29, 1.82) is 0 Å². The SMILES string of the molecule is ON=C1CCCC1N(Cc1ccccc1)Cc1ccccc1. The standard InChI is InChI=1S/C19H22N2O/c22-20-18-12-7-13-19(18)21(14-16-8-3-1-4-9-16)15-17-10-5-2-6-11-17/h1-6,8-11,19,22H,7,12-15H2. The summed E-state index contributed by atoms with van der Waals surface area (Å²) in [7, 11) is 0. The van der Waals surface area contributed by atoms with E-state index in [2.05, 4.69) is 58.6 Å². The third-order valence-electron chi connectivity index (χ3n) is 4.32. The van der Waals surface area contributed by atoms with Gasteiger partial charge in [0.15, 0.2) is 0 Å². The third kappa shape index (κ3) is 3.55. The molecule has 3 rings (SSSR count). The van der Waals surface area contributed by atoms with Gasteiger partial charge in [-0.25, -0.2) is 0 Å². The zero-order valence-corrected chi connectivity index (χ0v) is 12.7. The van der Waals surface area contributed by atoms with E-state index in [1.807, 2.05) is 12.1 Å². The molecule has 22 heavy (non-hydrogen) atoms. The van der Waals surface area contributed by atoms with Gasteiger partial charge in [0.2, 0.25) is 0 Å². The topological polar surface area (TPSA) is 35.8 Å². The van der Waals surface area contributed by atoms with Crippen molar-refractivity contribution >= 4 is 5.71 Å². The molecule has 0 spiro atoms. The average molecular weight is 294 g/mol. The summed E-state index contributed by atoms with van der Waals surface area (Å²) in [5.41, 5.74) is 3.51. The van der Waals surface area contributed by atoms with Gasteiger partial charge in [0, 0.05) is 13.1 Å². The fourth-order valence-electron chi connectivity index (χ4n) is 3.23. The van der Waals surface area contributed by atoms with Gasteiger partial charge in [-0.1, -0.05) is 65.8 Å². The van der Waals surface area contributed by atoms with Gasteiger partial charge in [-0.15, -0.1) is 0 Å². The van der Waals surface area contributed by atoms with Crippen LogP contribution in [0.25, 0.3) is 0 Å². The Morgan fingerprint density at radius 3 is 1.95 bits per heavy atom. The Kier molecular flexibility index (Phi) is 4.86. The summed E-state index contributed by atoms with van der Waals surface area (Å²) in [6, 6.07) is 21.2. The summed E-state index contributed by atoms with van der Waals surface area (Å²) in [6.07, 6.45) is 3.07. The van der Waals surface area contributed by atoms with Gasteiger partial charge in [0.1, 0.15) is 0 Å². The number of nitrogens with zero attached hydrogens (tertiary/aromatic N) is 2. The van der Waals surface area contributed by atoms with Gasteiger partial charge in [-0.05, 0) is 30.4 Å². The van der Waals surface area contributed by atoms with Crippen molar-refractivity contribution < 1.29 is 5.21 Å². The third-order valence-corrected chi connectivity index (χ3v) is 4.32. The molecule has 1 aliphatic rings. The Labute approximate surface area is 131 Å². The summed E-state index contributed by atoms with van der Waals surface area (Å²) >= 11 is 0. The molecule has 0 saturated heterocycles. The van der Waals surface area contributed by atoms with Crippen molar-refractivity contribution in [1.82, 2.24) is 4.90 Å². The first-order valence-electron chi connectivity index (χ1n) is 7.89. The quantitative estimate of drug-likeness (QED) is 0.666. The molecule has 0 heterocycles. The van der Waals surface area contributed by atoms with Crippen LogP contribution in [-0.2, 0) is 13.1 Å². The Bertz CT molecular complexity index is 568. The summed E-state index contributed by atoms with van der Waals surface area (Å²) in [4.78, 5) is 2.42. The van der Waals surface area contributed by atoms with Crippen LogP contribution in [0, 0.1) is 0 Å². The molecule has 0 bridgehead atoms. The minimum absolute atomic E-state index is 0.241. The molecule has 1 fully saturated rings. The van der Waals surface area contributed by atoms with Gasteiger partial charge >= 0.3 is 0 Å². The van der Waals surface area contributed by atoms with E-state index in [9.17, 15) is 5.21 Å². The first-order chi connectivity index (χ1) is 10.9. The normalized spacial score (nSPS) is 19.9. The molecule has 1 atom stereocenters. The van der Waals surface area contributed by atoms with Crippen LogP contribution in [0.15, 0.2) is 65.8 Å². The Morgan fingerprint density at radius 1 is 0.909 bits per heavy atom. The highest BCUT2D eigenvalue weighted by molar-refractivity contribution is 5.90. The lowest BCUT2D eigenvalue weighted by molar-refractivity contribution is 0.216. The first-order valence-corrected chi connectivity index (χ1v) is 7.89. The smallest absolute Gasteiger partial charge is 0.0742 e. The van der Waals surface area contributed by atoms with Gasteiger partial charge < -0.3 is 5.21 Å². The van der Waals surface area contributed by atoms with E-state index >= 15 is 0 Å². The van der Waals surface area contributed by atoms with E-state index in [4.69, 9.17) is 0 Å². The molecule has 1 saturated carbocycles. The predicted molar refractivity (Wildman–Crippen MR) is 89.0 cm³/mol. The molecule has 1 aliphatic carbocycles. The summed E-state index contributed by atoms with van der Waals surface area (Å²) < 4.78 is 0.